The molecule has 3 heteroatoms. The number of aryl methyl sites for hydroxylation is 1. The van der Waals surface area contributed by atoms with Gasteiger partial charge >= 0.3 is 0 Å². The maximum absolute atomic E-state index is 5.50. The molecule has 2 N–H and O–H groups in total. The second-order valence-electron chi connectivity index (χ2n) is 2.18. The van der Waals surface area contributed by atoms with Crippen LogP contribution < -0.4 is 5.73 Å². The van der Waals surface area contributed by atoms with E-state index in [1.165, 1.54) is 5.56 Å². The van der Waals surface area contributed by atoms with Crippen molar-refractivity contribution in [2.75, 3.05) is 5.73 Å². The predicted molar refractivity (Wildman–Crippen MR) is 46.0 cm³/mol. The van der Waals surface area contributed by atoms with Crippen LogP contribution in [0.1, 0.15) is 11.3 Å². The van der Waals surface area contributed by atoms with Crippen molar-refractivity contribution in [1.82, 2.24) is 4.98 Å². The van der Waals surface area contributed by atoms with Crippen molar-refractivity contribution in [1.29, 1.82) is 0 Å². The first-order valence-corrected chi connectivity index (χ1v) is 4.13. The van der Waals surface area contributed by atoms with Gasteiger partial charge in [0.15, 0.2) is 0 Å². The zero-order valence-corrected chi connectivity index (χ0v) is 7.35. The molecular weight excluding hydrogens is 192 g/mol. The van der Waals surface area contributed by atoms with Crippen molar-refractivity contribution in [3.8, 4) is 0 Å². The third-order valence-corrected chi connectivity index (χ3v) is 1.83. The predicted octanol–water partition coefficient (Wildman–Crippen LogP) is 1.87. The van der Waals surface area contributed by atoms with Crippen LogP contribution in [-0.2, 0) is 5.33 Å². The Bertz CT molecular complexity index is 215. The van der Waals surface area contributed by atoms with E-state index in [-0.39, 0.29) is 0 Å². The van der Waals surface area contributed by atoms with Gasteiger partial charge in [0.2, 0.25) is 0 Å². The molecule has 0 aliphatic carbocycles. The summed E-state index contributed by atoms with van der Waals surface area (Å²) >= 11 is 3.34. The maximum Gasteiger partial charge on any atom is 0.123 e. The lowest BCUT2D eigenvalue weighted by Crippen LogP contribution is -1.93. The van der Waals surface area contributed by atoms with Crippen molar-refractivity contribution in [2.45, 2.75) is 12.3 Å². The first kappa shape index (κ1) is 7.54. The van der Waals surface area contributed by atoms with Crippen LogP contribution >= 0.6 is 15.9 Å². The Labute approximate surface area is 68.6 Å². The van der Waals surface area contributed by atoms with Gasteiger partial charge in [-0.1, -0.05) is 15.9 Å². The standard InChI is InChI=1S/C7H9BrN2/c1-5-2-6(4-8)3-7(9)10-5/h2-3H,4H2,1H3,(H2,9,10). The molecule has 0 aliphatic heterocycles. The van der Waals surface area contributed by atoms with E-state index in [1.54, 1.807) is 0 Å². The van der Waals surface area contributed by atoms with Crippen LogP contribution in [0.25, 0.3) is 0 Å². The summed E-state index contributed by atoms with van der Waals surface area (Å²) in [5.74, 6) is 0.592. The van der Waals surface area contributed by atoms with Gasteiger partial charge in [0.1, 0.15) is 5.82 Å². The number of anilines is 1. The van der Waals surface area contributed by atoms with Gasteiger partial charge in [-0.05, 0) is 24.6 Å². The smallest absolute Gasteiger partial charge is 0.123 e. The number of halogens is 1. The first-order chi connectivity index (χ1) is 4.72. The number of hydrogen-bond donors (Lipinski definition) is 1. The molecule has 0 saturated heterocycles. The number of nitrogens with zero attached hydrogens (tertiary/aromatic N) is 1. The van der Waals surface area contributed by atoms with Crippen molar-refractivity contribution < 1.29 is 0 Å². The normalized spacial score (nSPS) is 9.80. The number of nitrogens with two attached hydrogens (primary N) is 1. The van der Waals surface area contributed by atoms with Gasteiger partial charge < -0.3 is 5.73 Å². The molecule has 0 aromatic carbocycles. The van der Waals surface area contributed by atoms with E-state index < -0.39 is 0 Å². The van der Waals surface area contributed by atoms with Crippen LogP contribution in [0.5, 0.6) is 0 Å². The highest BCUT2D eigenvalue weighted by Crippen LogP contribution is 2.09. The topological polar surface area (TPSA) is 38.9 Å². The quantitative estimate of drug-likeness (QED) is 0.704. The molecule has 0 saturated carbocycles. The molecule has 0 bridgehead atoms. The summed E-state index contributed by atoms with van der Waals surface area (Å²) in [6, 6.07) is 3.87. The summed E-state index contributed by atoms with van der Waals surface area (Å²) in [6.07, 6.45) is 0. The van der Waals surface area contributed by atoms with E-state index in [0.29, 0.717) is 5.82 Å². The number of pyridine rings is 1. The zero-order chi connectivity index (χ0) is 7.56. The number of hydrogen-bond acceptors (Lipinski definition) is 2. The second-order valence-corrected chi connectivity index (χ2v) is 2.74. The van der Waals surface area contributed by atoms with Gasteiger partial charge in [0, 0.05) is 11.0 Å². The molecule has 1 aromatic rings. The number of alkyl halides is 1. The number of aromatic nitrogens is 1. The van der Waals surface area contributed by atoms with Gasteiger partial charge in [-0.3, -0.25) is 0 Å². The molecule has 10 heavy (non-hydrogen) atoms. The van der Waals surface area contributed by atoms with Gasteiger partial charge in [-0.25, -0.2) is 4.98 Å². The Morgan fingerprint density at radius 2 is 2.30 bits per heavy atom. The van der Waals surface area contributed by atoms with Gasteiger partial charge in [0.05, 0.1) is 0 Å². The van der Waals surface area contributed by atoms with Crippen molar-refractivity contribution in [3.05, 3.63) is 23.4 Å². The molecule has 0 unspecified atom stereocenters. The molecular formula is C7H9BrN2. The molecule has 1 aromatic heterocycles. The molecule has 0 fully saturated rings. The largest absolute Gasteiger partial charge is 0.384 e. The minimum absolute atomic E-state index is 0.592. The molecule has 54 valence electrons. The molecule has 1 rings (SSSR count). The maximum atomic E-state index is 5.50. The molecule has 0 amide bonds. The summed E-state index contributed by atoms with van der Waals surface area (Å²) in [5.41, 5.74) is 7.64. The van der Waals surface area contributed by atoms with Crippen LogP contribution in [0.3, 0.4) is 0 Å². The average Bonchev–Trinajstić information content (AvgIpc) is 1.85. The minimum Gasteiger partial charge on any atom is -0.384 e. The molecule has 0 spiro atoms. The van der Waals surface area contributed by atoms with Crippen LogP contribution in [0.4, 0.5) is 5.82 Å². The Balaban J connectivity index is 3.06. The second kappa shape index (κ2) is 3.01. The van der Waals surface area contributed by atoms with E-state index in [2.05, 4.69) is 20.9 Å². The van der Waals surface area contributed by atoms with Crippen LogP contribution in [0, 0.1) is 6.92 Å². The summed E-state index contributed by atoms with van der Waals surface area (Å²) in [4.78, 5) is 4.04. The summed E-state index contributed by atoms with van der Waals surface area (Å²) in [6.45, 7) is 1.93. The van der Waals surface area contributed by atoms with E-state index in [0.717, 1.165) is 11.0 Å². The van der Waals surface area contributed by atoms with E-state index in [4.69, 9.17) is 5.73 Å². The van der Waals surface area contributed by atoms with E-state index >= 15 is 0 Å². The highest BCUT2D eigenvalue weighted by Gasteiger charge is 1.93. The highest BCUT2D eigenvalue weighted by atomic mass is 79.9. The summed E-state index contributed by atoms with van der Waals surface area (Å²) in [5, 5.41) is 0.834. The molecule has 0 atom stereocenters. The van der Waals surface area contributed by atoms with Crippen molar-refractivity contribution in [2.24, 2.45) is 0 Å². The van der Waals surface area contributed by atoms with Crippen LogP contribution in [0.15, 0.2) is 12.1 Å². The molecule has 0 aliphatic rings. The minimum atomic E-state index is 0.592. The van der Waals surface area contributed by atoms with Gasteiger partial charge in [0.25, 0.3) is 0 Å². The Morgan fingerprint density at radius 1 is 1.60 bits per heavy atom. The van der Waals surface area contributed by atoms with E-state index in [9.17, 15) is 0 Å². The average molecular weight is 201 g/mol. The summed E-state index contributed by atoms with van der Waals surface area (Å²) in [7, 11) is 0. The fourth-order valence-corrected chi connectivity index (χ4v) is 1.17. The Hall–Kier alpha value is -0.570. The molecule has 2 nitrogen and oxygen atoms in total. The van der Waals surface area contributed by atoms with Crippen molar-refractivity contribution in [3.63, 3.8) is 0 Å². The molecule has 1 heterocycles. The molecule has 0 radical (unpaired) electrons. The lowest BCUT2D eigenvalue weighted by molar-refractivity contribution is 1.18. The van der Waals surface area contributed by atoms with Crippen LogP contribution in [-0.4, -0.2) is 4.98 Å². The van der Waals surface area contributed by atoms with Crippen molar-refractivity contribution >= 4 is 21.7 Å². The highest BCUT2D eigenvalue weighted by molar-refractivity contribution is 9.08. The Morgan fingerprint density at radius 3 is 2.80 bits per heavy atom. The van der Waals surface area contributed by atoms with Gasteiger partial charge in [-0.15, -0.1) is 0 Å². The van der Waals surface area contributed by atoms with E-state index in [1.807, 2.05) is 19.1 Å². The third-order valence-electron chi connectivity index (χ3n) is 1.19. The summed E-state index contributed by atoms with van der Waals surface area (Å²) < 4.78 is 0. The Kier molecular flexibility index (Phi) is 2.27. The fraction of sp³-hybridized carbons (Fsp3) is 0.286. The monoisotopic (exact) mass is 200 g/mol. The lowest BCUT2D eigenvalue weighted by Gasteiger charge is -1.98. The fourth-order valence-electron chi connectivity index (χ4n) is 0.845. The number of rotatable bonds is 1. The van der Waals surface area contributed by atoms with Gasteiger partial charge in [-0.2, -0.15) is 0 Å². The number of nitrogen functional groups attached to an aromatic ring is 1. The third kappa shape index (κ3) is 1.70. The SMILES string of the molecule is Cc1cc(CBr)cc(N)n1. The van der Waals surface area contributed by atoms with Crippen LogP contribution in [0.2, 0.25) is 0 Å². The first-order valence-electron chi connectivity index (χ1n) is 3.01. The zero-order valence-electron chi connectivity index (χ0n) is 5.76. The lowest BCUT2D eigenvalue weighted by atomic mass is 10.2.